The zero-order valence-corrected chi connectivity index (χ0v) is 18.3. The topological polar surface area (TPSA) is 43.9 Å². The number of carbonyl (C=O) groups is 2. The molecule has 154 valence electrons. The highest BCUT2D eigenvalue weighted by Gasteiger charge is 2.32. The Hall–Kier alpha value is -2.34. The Labute approximate surface area is 176 Å². The molecule has 0 bridgehead atoms. The van der Waals surface area contributed by atoms with Gasteiger partial charge < -0.3 is 14.7 Å². The normalized spacial score (nSPS) is 19.1. The first-order valence-corrected chi connectivity index (χ1v) is 11.2. The lowest BCUT2D eigenvalue weighted by Gasteiger charge is -2.38. The van der Waals surface area contributed by atoms with Crippen molar-refractivity contribution >= 4 is 28.8 Å². The number of aryl methyl sites for hydroxylation is 2. The van der Waals surface area contributed by atoms with Gasteiger partial charge in [0.25, 0.3) is 5.91 Å². The fraction of sp³-hybridized carbons (Fsp3) is 0.478. The number of benzene rings is 1. The zero-order valence-electron chi connectivity index (χ0n) is 17.5. The van der Waals surface area contributed by atoms with Gasteiger partial charge in [-0.05, 0) is 55.5 Å². The van der Waals surface area contributed by atoms with Crippen molar-refractivity contribution in [2.24, 2.45) is 5.92 Å². The van der Waals surface area contributed by atoms with Crippen LogP contribution in [0.4, 0.5) is 5.69 Å². The number of hydrogen-bond acceptors (Lipinski definition) is 4. The van der Waals surface area contributed by atoms with E-state index in [4.69, 9.17) is 0 Å². The molecule has 2 aliphatic rings. The first-order valence-electron chi connectivity index (χ1n) is 10.4. The number of fused-ring (bicyclic) bond motifs is 1. The lowest BCUT2D eigenvalue weighted by Crippen LogP contribution is -2.51. The van der Waals surface area contributed by atoms with Crippen molar-refractivity contribution in [1.82, 2.24) is 9.80 Å². The Balaban J connectivity index is 1.37. The molecule has 5 nitrogen and oxygen atoms in total. The van der Waals surface area contributed by atoms with E-state index in [1.165, 1.54) is 21.7 Å². The standard InChI is InChI=1S/C23H29N3O2S/c1-16-5-4-6-19(13-16)25-9-11-26(12-10-25)22(27)17-7-8-20-18(14-17)15-21(29-20)23(28)24(2)3/h4-6,13,15,17H,7-12,14H2,1-3H3/t17-/m0/s1. The molecule has 2 heterocycles. The van der Waals surface area contributed by atoms with Crippen LogP contribution >= 0.6 is 11.3 Å². The Morgan fingerprint density at radius 1 is 1.10 bits per heavy atom. The molecule has 2 amide bonds. The molecule has 4 rings (SSSR count). The van der Waals surface area contributed by atoms with Crippen LogP contribution in [-0.2, 0) is 17.6 Å². The molecular weight excluding hydrogens is 382 g/mol. The van der Waals surface area contributed by atoms with Gasteiger partial charge >= 0.3 is 0 Å². The van der Waals surface area contributed by atoms with Crippen molar-refractivity contribution in [1.29, 1.82) is 0 Å². The third kappa shape index (κ3) is 4.17. The van der Waals surface area contributed by atoms with Gasteiger partial charge in [-0.1, -0.05) is 12.1 Å². The summed E-state index contributed by atoms with van der Waals surface area (Å²) in [7, 11) is 3.56. The summed E-state index contributed by atoms with van der Waals surface area (Å²) in [4.78, 5) is 33.5. The molecule has 1 aromatic carbocycles. The van der Waals surface area contributed by atoms with Crippen molar-refractivity contribution in [2.45, 2.75) is 26.2 Å². The van der Waals surface area contributed by atoms with Crippen molar-refractivity contribution in [3.8, 4) is 0 Å². The van der Waals surface area contributed by atoms with Crippen molar-refractivity contribution < 1.29 is 9.59 Å². The van der Waals surface area contributed by atoms with Gasteiger partial charge in [-0.2, -0.15) is 0 Å². The highest BCUT2D eigenvalue weighted by Crippen LogP contribution is 2.34. The molecule has 0 saturated carbocycles. The lowest BCUT2D eigenvalue weighted by atomic mass is 9.87. The molecule has 6 heteroatoms. The average molecular weight is 412 g/mol. The molecule has 2 aromatic rings. The fourth-order valence-electron chi connectivity index (χ4n) is 4.33. The first-order chi connectivity index (χ1) is 13.9. The van der Waals surface area contributed by atoms with E-state index in [1.54, 1.807) is 30.3 Å². The van der Waals surface area contributed by atoms with E-state index < -0.39 is 0 Å². The summed E-state index contributed by atoms with van der Waals surface area (Å²) in [5, 5.41) is 0. The Bertz CT molecular complexity index is 913. The smallest absolute Gasteiger partial charge is 0.263 e. The summed E-state index contributed by atoms with van der Waals surface area (Å²) in [6.07, 6.45) is 2.56. The molecule has 0 radical (unpaired) electrons. The summed E-state index contributed by atoms with van der Waals surface area (Å²) >= 11 is 1.60. The molecule has 0 unspecified atom stereocenters. The Morgan fingerprint density at radius 2 is 1.86 bits per heavy atom. The summed E-state index contributed by atoms with van der Waals surface area (Å²) in [6.45, 7) is 5.44. The van der Waals surface area contributed by atoms with Gasteiger partial charge in [-0.25, -0.2) is 0 Å². The van der Waals surface area contributed by atoms with Gasteiger partial charge in [-0.15, -0.1) is 11.3 Å². The van der Waals surface area contributed by atoms with Crippen LogP contribution in [0.5, 0.6) is 0 Å². The van der Waals surface area contributed by atoms with Gasteiger partial charge in [0.05, 0.1) is 4.88 Å². The van der Waals surface area contributed by atoms with E-state index in [0.717, 1.165) is 50.3 Å². The molecule has 1 aliphatic carbocycles. The van der Waals surface area contributed by atoms with Crippen LogP contribution in [0, 0.1) is 12.8 Å². The van der Waals surface area contributed by atoms with Crippen LogP contribution in [0.25, 0.3) is 0 Å². The number of anilines is 1. The van der Waals surface area contributed by atoms with Crippen molar-refractivity contribution in [3.05, 3.63) is 51.2 Å². The number of thiophene rings is 1. The molecule has 29 heavy (non-hydrogen) atoms. The first kappa shape index (κ1) is 20.0. The van der Waals surface area contributed by atoms with E-state index in [0.29, 0.717) is 0 Å². The van der Waals surface area contributed by atoms with E-state index in [9.17, 15) is 9.59 Å². The molecule has 1 saturated heterocycles. The number of carbonyl (C=O) groups excluding carboxylic acids is 2. The van der Waals surface area contributed by atoms with Crippen LogP contribution in [0.1, 0.15) is 32.1 Å². The van der Waals surface area contributed by atoms with Crippen LogP contribution in [0.15, 0.2) is 30.3 Å². The Morgan fingerprint density at radius 3 is 2.55 bits per heavy atom. The minimum absolute atomic E-state index is 0.0462. The van der Waals surface area contributed by atoms with Crippen LogP contribution in [0.2, 0.25) is 0 Å². The number of piperazine rings is 1. The maximum atomic E-state index is 13.1. The number of hydrogen-bond donors (Lipinski definition) is 0. The minimum atomic E-state index is 0.0462. The van der Waals surface area contributed by atoms with Gasteiger partial charge in [-0.3, -0.25) is 9.59 Å². The average Bonchev–Trinajstić information content (AvgIpc) is 3.16. The molecule has 1 atom stereocenters. The third-order valence-electron chi connectivity index (χ3n) is 6.01. The number of rotatable bonds is 3. The maximum absolute atomic E-state index is 13.1. The highest BCUT2D eigenvalue weighted by atomic mass is 32.1. The fourth-order valence-corrected chi connectivity index (χ4v) is 5.56. The molecular formula is C23H29N3O2S. The summed E-state index contributed by atoms with van der Waals surface area (Å²) in [6, 6.07) is 10.6. The van der Waals surface area contributed by atoms with Crippen LogP contribution < -0.4 is 4.90 Å². The van der Waals surface area contributed by atoms with Crippen LogP contribution in [0.3, 0.4) is 0 Å². The van der Waals surface area contributed by atoms with E-state index >= 15 is 0 Å². The monoisotopic (exact) mass is 411 g/mol. The van der Waals surface area contributed by atoms with Gasteiger partial charge in [0.15, 0.2) is 0 Å². The molecule has 0 N–H and O–H groups in total. The summed E-state index contributed by atoms with van der Waals surface area (Å²) in [5.74, 6) is 0.385. The van der Waals surface area contributed by atoms with Gasteiger partial charge in [0.1, 0.15) is 0 Å². The second kappa shape index (κ2) is 8.19. The quantitative estimate of drug-likeness (QED) is 0.779. The van der Waals surface area contributed by atoms with Crippen LogP contribution in [-0.4, -0.2) is 61.9 Å². The van der Waals surface area contributed by atoms with E-state index in [2.05, 4.69) is 36.1 Å². The Kier molecular flexibility index (Phi) is 5.63. The maximum Gasteiger partial charge on any atom is 0.263 e. The van der Waals surface area contributed by atoms with Crippen molar-refractivity contribution in [3.63, 3.8) is 0 Å². The minimum Gasteiger partial charge on any atom is -0.368 e. The molecule has 1 fully saturated rings. The number of nitrogens with zero attached hydrogens (tertiary/aromatic N) is 3. The van der Waals surface area contributed by atoms with Gasteiger partial charge in [0, 0.05) is 56.8 Å². The summed E-state index contributed by atoms with van der Waals surface area (Å²) in [5.41, 5.74) is 3.71. The summed E-state index contributed by atoms with van der Waals surface area (Å²) < 4.78 is 0. The largest absolute Gasteiger partial charge is 0.368 e. The predicted octanol–water partition coefficient (Wildman–Crippen LogP) is 3.21. The van der Waals surface area contributed by atoms with E-state index in [1.807, 2.05) is 11.0 Å². The third-order valence-corrected chi connectivity index (χ3v) is 7.23. The van der Waals surface area contributed by atoms with Gasteiger partial charge in [0.2, 0.25) is 5.91 Å². The highest BCUT2D eigenvalue weighted by molar-refractivity contribution is 7.14. The van der Waals surface area contributed by atoms with Crippen molar-refractivity contribution in [2.75, 3.05) is 45.2 Å². The molecule has 0 spiro atoms. The van der Waals surface area contributed by atoms with E-state index in [-0.39, 0.29) is 17.7 Å². The molecule has 1 aromatic heterocycles. The second-order valence-corrected chi connectivity index (χ2v) is 9.49. The second-order valence-electron chi connectivity index (χ2n) is 8.35. The SMILES string of the molecule is Cc1cccc(N2CCN(C(=O)[C@H]3CCc4sc(C(=O)N(C)C)cc4C3)CC2)c1. The zero-order chi connectivity index (χ0) is 20.5. The molecule has 1 aliphatic heterocycles. The lowest BCUT2D eigenvalue weighted by molar-refractivity contribution is -0.136. The predicted molar refractivity (Wildman–Crippen MR) is 118 cm³/mol. The number of amides is 2.